The zero-order valence-electron chi connectivity index (χ0n) is 12.1. The van der Waals surface area contributed by atoms with E-state index >= 15 is 0 Å². The first kappa shape index (κ1) is 16.4. The molecule has 0 aliphatic heterocycles. The topological polar surface area (TPSA) is 46.3 Å². The molecule has 1 amide bonds. The van der Waals surface area contributed by atoms with Crippen LogP contribution < -0.4 is 5.73 Å². The zero-order valence-corrected chi connectivity index (χ0v) is 12.1. The molecular weight excluding hydrogens is 212 g/mol. The molecule has 0 fully saturated rings. The van der Waals surface area contributed by atoms with Gasteiger partial charge in [0.2, 0.25) is 5.91 Å². The van der Waals surface area contributed by atoms with Crippen LogP contribution in [0.5, 0.6) is 0 Å². The summed E-state index contributed by atoms with van der Waals surface area (Å²) in [6.45, 7) is 11.0. The zero-order chi connectivity index (χ0) is 13.3. The molecule has 2 N–H and O–H groups in total. The standard InChI is InChI=1S/C14H30N2O/c1-5-6-10-16(11-8-7-9-15)13(17)12-14(2,3)4/h5-12,15H2,1-4H3. The summed E-state index contributed by atoms with van der Waals surface area (Å²) < 4.78 is 0. The fraction of sp³-hybridized carbons (Fsp3) is 0.929. The Morgan fingerprint density at radius 3 is 2.18 bits per heavy atom. The van der Waals surface area contributed by atoms with E-state index in [0.29, 0.717) is 12.3 Å². The van der Waals surface area contributed by atoms with Gasteiger partial charge in [-0.25, -0.2) is 0 Å². The van der Waals surface area contributed by atoms with Crippen molar-refractivity contribution in [2.24, 2.45) is 11.1 Å². The van der Waals surface area contributed by atoms with Crippen LogP contribution in [0.2, 0.25) is 0 Å². The van der Waals surface area contributed by atoms with Crippen molar-refractivity contribution < 1.29 is 4.79 Å². The molecule has 0 aromatic rings. The van der Waals surface area contributed by atoms with Crippen LogP contribution in [0.15, 0.2) is 0 Å². The first-order chi connectivity index (χ1) is 7.90. The second kappa shape index (κ2) is 8.51. The highest BCUT2D eigenvalue weighted by atomic mass is 16.2. The maximum atomic E-state index is 12.2. The Morgan fingerprint density at radius 1 is 1.12 bits per heavy atom. The van der Waals surface area contributed by atoms with Gasteiger partial charge in [0, 0.05) is 19.5 Å². The van der Waals surface area contributed by atoms with E-state index in [1.54, 1.807) is 0 Å². The molecule has 0 saturated carbocycles. The Bertz CT molecular complexity index is 209. The summed E-state index contributed by atoms with van der Waals surface area (Å²) in [5, 5.41) is 0. The number of rotatable bonds is 8. The Hall–Kier alpha value is -0.570. The van der Waals surface area contributed by atoms with Crippen LogP contribution >= 0.6 is 0 Å². The quantitative estimate of drug-likeness (QED) is 0.665. The van der Waals surface area contributed by atoms with Gasteiger partial charge in [-0.1, -0.05) is 34.1 Å². The highest BCUT2D eigenvalue weighted by Crippen LogP contribution is 2.20. The van der Waals surface area contributed by atoms with Crippen LogP contribution in [0.3, 0.4) is 0 Å². The van der Waals surface area contributed by atoms with Crippen molar-refractivity contribution in [3.8, 4) is 0 Å². The molecule has 0 saturated heterocycles. The number of unbranched alkanes of at least 4 members (excludes halogenated alkanes) is 2. The molecule has 102 valence electrons. The van der Waals surface area contributed by atoms with E-state index in [0.717, 1.165) is 45.3 Å². The number of carbonyl (C=O) groups excluding carboxylic acids is 1. The largest absolute Gasteiger partial charge is 0.343 e. The van der Waals surface area contributed by atoms with Crippen LogP contribution in [0, 0.1) is 5.41 Å². The molecule has 0 radical (unpaired) electrons. The molecule has 0 spiro atoms. The maximum Gasteiger partial charge on any atom is 0.223 e. The van der Waals surface area contributed by atoms with Crippen molar-refractivity contribution in [1.29, 1.82) is 0 Å². The van der Waals surface area contributed by atoms with Gasteiger partial charge in [0.25, 0.3) is 0 Å². The monoisotopic (exact) mass is 242 g/mol. The van der Waals surface area contributed by atoms with Gasteiger partial charge in [0.05, 0.1) is 0 Å². The van der Waals surface area contributed by atoms with E-state index in [4.69, 9.17) is 5.73 Å². The number of hydrogen-bond donors (Lipinski definition) is 1. The van der Waals surface area contributed by atoms with Crippen LogP contribution in [-0.2, 0) is 4.79 Å². The maximum absolute atomic E-state index is 12.2. The van der Waals surface area contributed by atoms with Crippen molar-refractivity contribution in [2.45, 2.75) is 59.8 Å². The fourth-order valence-electron chi connectivity index (χ4n) is 1.72. The van der Waals surface area contributed by atoms with Gasteiger partial charge in [-0.2, -0.15) is 0 Å². The van der Waals surface area contributed by atoms with Gasteiger partial charge < -0.3 is 10.6 Å². The molecule has 0 heterocycles. The normalized spacial score (nSPS) is 11.6. The van der Waals surface area contributed by atoms with Crippen LogP contribution in [-0.4, -0.2) is 30.4 Å². The van der Waals surface area contributed by atoms with Crippen molar-refractivity contribution in [3.05, 3.63) is 0 Å². The molecule has 0 rings (SSSR count). The van der Waals surface area contributed by atoms with E-state index in [-0.39, 0.29) is 5.41 Å². The highest BCUT2D eigenvalue weighted by molar-refractivity contribution is 5.76. The molecule has 3 heteroatoms. The van der Waals surface area contributed by atoms with E-state index in [1.807, 2.05) is 4.90 Å². The lowest BCUT2D eigenvalue weighted by Crippen LogP contribution is -2.35. The predicted octanol–water partition coefficient (Wildman–Crippen LogP) is 2.79. The van der Waals surface area contributed by atoms with Crippen molar-refractivity contribution in [3.63, 3.8) is 0 Å². The third kappa shape index (κ3) is 9.16. The molecule has 0 aliphatic carbocycles. The van der Waals surface area contributed by atoms with Gasteiger partial charge in [-0.3, -0.25) is 4.79 Å². The Labute approximate surface area is 107 Å². The average Bonchev–Trinajstić information content (AvgIpc) is 2.20. The summed E-state index contributed by atoms with van der Waals surface area (Å²) in [4.78, 5) is 14.2. The Morgan fingerprint density at radius 2 is 1.71 bits per heavy atom. The van der Waals surface area contributed by atoms with Gasteiger partial charge in [0.15, 0.2) is 0 Å². The van der Waals surface area contributed by atoms with Gasteiger partial charge >= 0.3 is 0 Å². The first-order valence-corrected chi connectivity index (χ1v) is 6.88. The molecule has 0 atom stereocenters. The van der Waals surface area contributed by atoms with E-state index in [2.05, 4.69) is 27.7 Å². The second-order valence-corrected chi connectivity index (χ2v) is 5.97. The van der Waals surface area contributed by atoms with E-state index < -0.39 is 0 Å². The summed E-state index contributed by atoms with van der Waals surface area (Å²) in [6, 6.07) is 0. The Balaban J connectivity index is 4.19. The number of nitrogens with two attached hydrogens (primary N) is 1. The summed E-state index contributed by atoms with van der Waals surface area (Å²) in [5.74, 6) is 0.294. The van der Waals surface area contributed by atoms with Crippen LogP contribution in [0.4, 0.5) is 0 Å². The van der Waals surface area contributed by atoms with Gasteiger partial charge in [-0.15, -0.1) is 0 Å². The summed E-state index contributed by atoms with van der Waals surface area (Å²) in [7, 11) is 0. The molecule has 3 nitrogen and oxygen atoms in total. The number of nitrogens with zero attached hydrogens (tertiary/aromatic N) is 1. The predicted molar refractivity (Wildman–Crippen MR) is 73.8 cm³/mol. The van der Waals surface area contributed by atoms with E-state index in [1.165, 1.54) is 0 Å². The molecule has 0 unspecified atom stereocenters. The summed E-state index contributed by atoms with van der Waals surface area (Å²) in [5.41, 5.74) is 5.57. The first-order valence-electron chi connectivity index (χ1n) is 6.88. The smallest absolute Gasteiger partial charge is 0.223 e. The average molecular weight is 242 g/mol. The molecular formula is C14H30N2O. The van der Waals surface area contributed by atoms with Gasteiger partial charge in [-0.05, 0) is 31.2 Å². The van der Waals surface area contributed by atoms with E-state index in [9.17, 15) is 4.79 Å². The lowest BCUT2D eigenvalue weighted by atomic mass is 9.91. The number of carbonyl (C=O) groups is 1. The van der Waals surface area contributed by atoms with Crippen molar-refractivity contribution >= 4 is 5.91 Å². The number of amides is 1. The lowest BCUT2D eigenvalue weighted by Gasteiger charge is -2.26. The molecule has 0 aromatic carbocycles. The third-order valence-electron chi connectivity index (χ3n) is 2.70. The summed E-state index contributed by atoms with van der Waals surface area (Å²) >= 11 is 0. The minimum absolute atomic E-state index is 0.0788. The summed E-state index contributed by atoms with van der Waals surface area (Å²) in [6.07, 6.45) is 4.90. The highest BCUT2D eigenvalue weighted by Gasteiger charge is 2.20. The molecule has 0 bridgehead atoms. The van der Waals surface area contributed by atoms with Crippen molar-refractivity contribution in [1.82, 2.24) is 4.90 Å². The fourth-order valence-corrected chi connectivity index (χ4v) is 1.72. The SMILES string of the molecule is CCCCN(CCCCN)C(=O)CC(C)(C)C. The molecule has 0 aliphatic rings. The molecule has 17 heavy (non-hydrogen) atoms. The number of hydrogen-bond acceptors (Lipinski definition) is 2. The van der Waals surface area contributed by atoms with Crippen molar-refractivity contribution in [2.75, 3.05) is 19.6 Å². The Kier molecular flexibility index (Phi) is 8.23. The van der Waals surface area contributed by atoms with Crippen LogP contribution in [0.1, 0.15) is 59.8 Å². The van der Waals surface area contributed by atoms with Crippen LogP contribution in [0.25, 0.3) is 0 Å². The molecule has 0 aromatic heterocycles. The third-order valence-corrected chi connectivity index (χ3v) is 2.70. The second-order valence-electron chi connectivity index (χ2n) is 5.97. The minimum Gasteiger partial charge on any atom is -0.343 e. The van der Waals surface area contributed by atoms with Gasteiger partial charge in [0.1, 0.15) is 0 Å². The minimum atomic E-state index is 0.0788. The lowest BCUT2D eigenvalue weighted by molar-refractivity contribution is -0.133.